The van der Waals surface area contributed by atoms with E-state index in [2.05, 4.69) is 20.7 Å². The lowest BCUT2D eigenvalue weighted by Crippen LogP contribution is -2.06. The summed E-state index contributed by atoms with van der Waals surface area (Å²) < 4.78 is 40.9. The number of alkyl halides is 2. The van der Waals surface area contributed by atoms with Crippen molar-refractivity contribution >= 4 is 21.7 Å². The molecule has 0 aromatic heterocycles. The number of carbonyl (C=O) groups is 1. The molecule has 1 aromatic rings. The van der Waals surface area contributed by atoms with Crippen LogP contribution in [0.4, 0.5) is 13.2 Å². The van der Waals surface area contributed by atoms with Gasteiger partial charge < -0.3 is 4.74 Å². The summed E-state index contributed by atoms with van der Waals surface area (Å²) in [5, 5.41) is 0. The molecule has 0 saturated carbocycles. The van der Waals surface area contributed by atoms with Gasteiger partial charge in [0, 0.05) is 0 Å². The summed E-state index contributed by atoms with van der Waals surface area (Å²) >= 11 is 2.84. The molecule has 0 spiro atoms. The Bertz CT molecular complexity index is 393. The van der Waals surface area contributed by atoms with E-state index in [-0.39, 0.29) is 15.8 Å². The molecule has 0 bridgehead atoms. The maximum atomic E-state index is 13.1. The Hall–Kier alpha value is -1.04. The molecule has 2 nitrogen and oxygen atoms in total. The lowest BCUT2D eigenvalue weighted by Gasteiger charge is -2.09. The number of hydrogen-bond donors (Lipinski definition) is 0. The highest BCUT2D eigenvalue weighted by molar-refractivity contribution is 9.10. The van der Waals surface area contributed by atoms with Crippen LogP contribution in [-0.4, -0.2) is 12.4 Å². The molecule has 0 aliphatic rings. The minimum atomic E-state index is -3.02. The summed E-state index contributed by atoms with van der Waals surface area (Å²) in [6, 6.07) is 1.93. The van der Waals surface area contributed by atoms with Crippen molar-refractivity contribution in [1.82, 2.24) is 0 Å². The highest BCUT2D eigenvalue weighted by atomic mass is 79.9. The first-order valence-corrected chi connectivity index (χ1v) is 4.66. The number of carbonyl (C=O) groups excluding carboxylic acids is 1. The topological polar surface area (TPSA) is 26.3 Å². The second-order valence-corrected chi connectivity index (χ2v) is 3.46. The molecule has 82 valence electrons. The maximum Gasteiger partial charge on any atom is 0.387 e. The second-order valence-electron chi connectivity index (χ2n) is 2.67. The number of Topliss-reactive ketones (excluding diaryl/α,β-unsaturated/α-hetero) is 1. The van der Waals surface area contributed by atoms with E-state index in [0.717, 1.165) is 19.1 Å². The minimum Gasteiger partial charge on any atom is -0.434 e. The molecule has 0 heterocycles. The van der Waals surface area contributed by atoms with Gasteiger partial charge in [0.1, 0.15) is 11.6 Å². The standard InChI is InChI=1S/C9H6BrF3O2/c1-4(14)7-5(11)2-3-6(8(7)10)15-9(12)13/h2-3,9H,1H3. The van der Waals surface area contributed by atoms with E-state index in [9.17, 15) is 18.0 Å². The van der Waals surface area contributed by atoms with E-state index in [1.165, 1.54) is 0 Å². The number of halogens is 4. The van der Waals surface area contributed by atoms with E-state index < -0.39 is 18.2 Å². The predicted octanol–water partition coefficient (Wildman–Crippen LogP) is 3.39. The van der Waals surface area contributed by atoms with Crippen LogP contribution in [0.1, 0.15) is 17.3 Å². The van der Waals surface area contributed by atoms with Crippen molar-refractivity contribution < 1.29 is 22.7 Å². The molecule has 0 aliphatic carbocycles. The molecule has 0 radical (unpaired) electrons. The fraction of sp³-hybridized carbons (Fsp3) is 0.222. The first-order chi connectivity index (χ1) is 6.93. The number of hydrogen-bond acceptors (Lipinski definition) is 2. The zero-order valence-corrected chi connectivity index (χ0v) is 9.15. The van der Waals surface area contributed by atoms with Crippen LogP contribution in [0.25, 0.3) is 0 Å². The van der Waals surface area contributed by atoms with Gasteiger partial charge in [0.2, 0.25) is 0 Å². The third-order valence-electron chi connectivity index (χ3n) is 1.62. The largest absolute Gasteiger partial charge is 0.434 e. The summed E-state index contributed by atoms with van der Waals surface area (Å²) in [6.07, 6.45) is 0. The van der Waals surface area contributed by atoms with Crippen LogP contribution in [-0.2, 0) is 0 Å². The quantitative estimate of drug-likeness (QED) is 0.795. The van der Waals surface area contributed by atoms with Crippen LogP contribution < -0.4 is 4.74 Å². The molecule has 0 amide bonds. The molecule has 15 heavy (non-hydrogen) atoms. The van der Waals surface area contributed by atoms with E-state index in [4.69, 9.17) is 0 Å². The Morgan fingerprint density at radius 1 is 1.47 bits per heavy atom. The highest BCUT2D eigenvalue weighted by Crippen LogP contribution is 2.31. The zero-order valence-electron chi connectivity index (χ0n) is 7.56. The van der Waals surface area contributed by atoms with E-state index in [1.54, 1.807) is 0 Å². The Labute approximate surface area is 92.2 Å². The van der Waals surface area contributed by atoms with Crippen molar-refractivity contribution in [3.05, 3.63) is 28.0 Å². The van der Waals surface area contributed by atoms with E-state index >= 15 is 0 Å². The van der Waals surface area contributed by atoms with Gasteiger partial charge in [-0.1, -0.05) is 0 Å². The average molecular weight is 283 g/mol. The fourth-order valence-corrected chi connectivity index (χ4v) is 1.74. The number of rotatable bonds is 3. The molecular weight excluding hydrogens is 277 g/mol. The molecule has 0 aliphatic heterocycles. The second kappa shape index (κ2) is 4.65. The summed E-state index contributed by atoms with van der Waals surface area (Å²) in [5.41, 5.74) is -0.298. The third-order valence-corrected chi connectivity index (χ3v) is 2.41. The van der Waals surface area contributed by atoms with Gasteiger partial charge in [-0.2, -0.15) is 8.78 Å². The molecule has 0 unspecified atom stereocenters. The number of ketones is 1. The molecule has 0 fully saturated rings. The fourth-order valence-electron chi connectivity index (χ4n) is 1.04. The first kappa shape index (κ1) is 12.0. The first-order valence-electron chi connectivity index (χ1n) is 3.87. The van der Waals surface area contributed by atoms with Crippen LogP contribution >= 0.6 is 15.9 Å². The molecule has 0 atom stereocenters. The summed E-state index contributed by atoms with van der Waals surface area (Å²) in [4.78, 5) is 11.0. The Balaban J connectivity index is 3.22. The molecule has 1 aromatic carbocycles. The van der Waals surface area contributed by atoms with Gasteiger partial charge in [-0.25, -0.2) is 4.39 Å². The van der Waals surface area contributed by atoms with Crippen LogP contribution in [0.3, 0.4) is 0 Å². The van der Waals surface area contributed by atoms with Gasteiger partial charge in [-0.3, -0.25) is 4.79 Å². The Kier molecular flexibility index (Phi) is 3.73. The average Bonchev–Trinajstić information content (AvgIpc) is 2.09. The third kappa shape index (κ3) is 2.71. The van der Waals surface area contributed by atoms with E-state index in [0.29, 0.717) is 0 Å². The lowest BCUT2D eigenvalue weighted by atomic mass is 10.1. The Morgan fingerprint density at radius 2 is 2.07 bits per heavy atom. The van der Waals surface area contributed by atoms with Crippen LogP contribution in [0.15, 0.2) is 16.6 Å². The van der Waals surface area contributed by atoms with Crippen molar-refractivity contribution in [3.63, 3.8) is 0 Å². The van der Waals surface area contributed by atoms with Gasteiger partial charge in [0.25, 0.3) is 0 Å². The van der Waals surface area contributed by atoms with Gasteiger partial charge in [0.05, 0.1) is 10.0 Å². The van der Waals surface area contributed by atoms with Gasteiger partial charge in [-0.05, 0) is 35.0 Å². The smallest absolute Gasteiger partial charge is 0.387 e. The molecule has 1 rings (SSSR count). The molecule has 0 N–H and O–H groups in total. The maximum absolute atomic E-state index is 13.1. The monoisotopic (exact) mass is 282 g/mol. The number of benzene rings is 1. The van der Waals surface area contributed by atoms with Gasteiger partial charge in [0.15, 0.2) is 5.78 Å². The summed E-state index contributed by atoms with van der Waals surface area (Å²) in [5.74, 6) is -1.62. The summed E-state index contributed by atoms with van der Waals surface area (Å²) in [7, 11) is 0. The highest BCUT2D eigenvalue weighted by Gasteiger charge is 2.18. The molecule has 0 saturated heterocycles. The van der Waals surface area contributed by atoms with Crippen molar-refractivity contribution in [2.45, 2.75) is 13.5 Å². The molecule has 6 heteroatoms. The SMILES string of the molecule is CC(=O)c1c(F)ccc(OC(F)F)c1Br. The van der Waals surface area contributed by atoms with Crippen LogP contribution in [0.5, 0.6) is 5.75 Å². The van der Waals surface area contributed by atoms with Crippen LogP contribution in [0.2, 0.25) is 0 Å². The van der Waals surface area contributed by atoms with Crippen molar-refractivity contribution in [2.24, 2.45) is 0 Å². The van der Waals surface area contributed by atoms with E-state index in [1.807, 2.05) is 0 Å². The minimum absolute atomic E-state index is 0.102. The van der Waals surface area contributed by atoms with Crippen molar-refractivity contribution in [3.8, 4) is 5.75 Å². The molecular formula is C9H6BrF3O2. The number of ether oxygens (including phenoxy) is 1. The predicted molar refractivity (Wildman–Crippen MR) is 50.7 cm³/mol. The van der Waals surface area contributed by atoms with Gasteiger partial charge in [-0.15, -0.1) is 0 Å². The normalized spacial score (nSPS) is 10.5. The van der Waals surface area contributed by atoms with Crippen molar-refractivity contribution in [2.75, 3.05) is 0 Å². The lowest BCUT2D eigenvalue weighted by molar-refractivity contribution is -0.0504. The Morgan fingerprint density at radius 3 is 2.53 bits per heavy atom. The zero-order chi connectivity index (χ0) is 11.6. The summed E-state index contributed by atoms with van der Waals surface area (Å²) in [6.45, 7) is -1.89. The van der Waals surface area contributed by atoms with Crippen LogP contribution in [0, 0.1) is 5.82 Å². The van der Waals surface area contributed by atoms with Gasteiger partial charge >= 0.3 is 6.61 Å². The van der Waals surface area contributed by atoms with Crippen molar-refractivity contribution in [1.29, 1.82) is 0 Å².